The molecule has 2 heterocycles. The van der Waals surface area contributed by atoms with E-state index in [2.05, 4.69) is 10.6 Å². The number of piperidine rings is 1. The summed E-state index contributed by atoms with van der Waals surface area (Å²) in [6.45, 7) is 5.51. The van der Waals surface area contributed by atoms with Crippen LogP contribution < -0.4 is 16.0 Å². The summed E-state index contributed by atoms with van der Waals surface area (Å²) < 4.78 is 38.3. The van der Waals surface area contributed by atoms with Crippen molar-refractivity contribution >= 4 is 23.6 Å². The lowest BCUT2D eigenvalue weighted by atomic mass is 9.90. The zero-order valence-electron chi connectivity index (χ0n) is 18.9. The Balaban J connectivity index is 2.16. The Morgan fingerprint density at radius 3 is 2.42 bits per heavy atom. The summed E-state index contributed by atoms with van der Waals surface area (Å²) in [4.78, 5) is 50.6. The van der Waals surface area contributed by atoms with Crippen molar-refractivity contribution in [2.24, 2.45) is 17.8 Å². The second kappa shape index (κ2) is 10.9. The molecule has 2 aliphatic rings. The number of nitrogens with zero attached hydrogens (tertiary/aromatic N) is 2. The first kappa shape index (κ1) is 26.4. The van der Waals surface area contributed by atoms with Gasteiger partial charge in [-0.05, 0) is 37.5 Å². The van der Waals surface area contributed by atoms with Gasteiger partial charge in [-0.2, -0.15) is 18.4 Å². The van der Waals surface area contributed by atoms with Crippen LogP contribution in [-0.2, 0) is 19.2 Å². The zero-order chi connectivity index (χ0) is 24.9. The van der Waals surface area contributed by atoms with Crippen LogP contribution in [0.25, 0.3) is 0 Å². The first-order valence-electron chi connectivity index (χ1n) is 11.0. The molecule has 4 amide bonds. The van der Waals surface area contributed by atoms with Crippen LogP contribution in [0.1, 0.15) is 46.5 Å². The molecule has 2 unspecified atom stereocenters. The van der Waals surface area contributed by atoms with Crippen LogP contribution >= 0.6 is 0 Å². The number of carbonyl (C=O) groups is 4. The average molecular weight is 473 g/mol. The van der Waals surface area contributed by atoms with Gasteiger partial charge in [0.25, 0.3) is 0 Å². The third-order valence-electron chi connectivity index (χ3n) is 6.08. The van der Waals surface area contributed by atoms with Crippen LogP contribution in [0.2, 0.25) is 0 Å². The Kier molecular flexibility index (Phi) is 8.69. The normalized spacial score (nSPS) is 25.1. The van der Waals surface area contributed by atoms with Gasteiger partial charge >= 0.3 is 12.1 Å². The molecule has 0 aromatic carbocycles. The van der Waals surface area contributed by atoms with Crippen molar-refractivity contribution in [3.05, 3.63) is 0 Å². The van der Waals surface area contributed by atoms with Gasteiger partial charge in [0.2, 0.25) is 17.7 Å². The van der Waals surface area contributed by atoms with E-state index in [9.17, 15) is 37.6 Å². The Bertz CT molecular complexity index is 811. The molecule has 5 atom stereocenters. The van der Waals surface area contributed by atoms with Gasteiger partial charge in [0.1, 0.15) is 18.1 Å². The zero-order valence-corrected chi connectivity index (χ0v) is 18.9. The summed E-state index contributed by atoms with van der Waals surface area (Å²) in [7, 11) is 0. The first-order valence-corrected chi connectivity index (χ1v) is 11.0. The van der Waals surface area contributed by atoms with Crippen molar-refractivity contribution in [3.8, 4) is 6.07 Å². The molecule has 2 saturated heterocycles. The van der Waals surface area contributed by atoms with Crippen molar-refractivity contribution in [1.82, 2.24) is 20.9 Å². The van der Waals surface area contributed by atoms with Gasteiger partial charge in [-0.15, -0.1) is 0 Å². The van der Waals surface area contributed by atoms with E-state index in [1.165, 1.54) is 18.7 Å². The van der Waals surface area contributed by atoms with Crippen molar-refractivity contribution < 1.29 is 32.3 Å². The molecule has 2 aliphatic heterocycles. The molecule has 12 heteroatoms. The molecule has 0 bridgehead atoms. The molecule has 2 rings (SSSR count). The van der Waals surface area contributed by atoms with Crippen LogP contribution in [0.15, 0.2) is 0 Å². The molecule has 2 fully saturated rings. The van der Waals surface area contributed by atoms with Gasteiger partial charge in [-0.1, -0.05) is 20.8 Å². The topological polar surface area (TPSA) is 131 Å². The summed E-state index contributed by atoms with van der Waals surface area (Å²) in [6.07, 6.45) is -3.67. The maximum atomic E-state index is 13.1. The van der Waals surface area contributed by atoms with Crippen LogP contribution in [0.4, 0.5) is 13.2 Å². The SMILES string of the molecule is CC1CCN(C(=O)[C@@H](NC(=O)C(F)(F)F)C(C)C)C(C(=O)N[C@H](C#N)C[C@@H]2CCNC2=O)C1. The fourth-order valence-corrected chi connectivity index (χ4v) is 4.14. The van der Waals surface area contributed by atoms with Gasteiger partial charge in [0, 0.05) is 19.0 Å². The molecule has 184 valence electrons. The van der Waals surface area contributed by atoms with E-state index in [4.69, 9.17) is 0 Å². The fraction of sp³-hybridized carbons (Fsp3) is 0.762. The number of nitriles is 1. The van der Waals surface area contributed by atoms with Gasteiger partial charge in [0.15, 0.2) is 0 Å². The molecule has 0 aliphatic carbocycles. The molecular weight excluding hydrogens is 443 g/mol. The lowest BCUT2D eigenvalue weighted by Crippen LogP contribution is -2.61. The highest BCUT2D eigenvalue weighted by molar-refractivity contribution is 5.93. The quantitative estimate of drug-likeness (QED) is 0.505. The molecule has 0 radical (unpaired) electrons. The van der Waals surface area contributed by atoms with Gasteiger partial charge < -0.3 is 20.9 Å². The Morgan fingerprint density at radius 1 is 1.24 bits per heavy atom. The minimum atomic E-state index is -5.15. The fourth-order valence-electron chi connectivity index (χ4n) is 4.14. The van der Waals surface area contributed by atoms with E-state index >= 15 is 0 Å². The van der Waals surface area contributed by atoms with Crippen molar-refractivity contribution in [2.75, 3.05) is 13.1 Å². The average Bonchev–Trinajstić information content (AvgIpc) is 3.13. The van der Waals surface area contributed by atoms with Crippen molar-refractivity contribution in [3.63, 3.8) is 0 Å². The molecule has 9 nitrogen and oxygen atoms in total. The number of likely N-dealkylation sites (tertiary alicyclic amines) is 1. The lowest BCUT2D eigenvalue weighted by molar-refractivity contribution is -0.175. The lowest BCUT2D eigenvalue weighted by Gasteiger charge is -2.40. The summed E-state index contributed by atoms with van der Waals surface area (Å²) in [6, 6.07) is -1.45. The number of halogens is 3. The van der Waals surface area contributed by atoms with Gasteiger partial charge in [0.05, 0.1) is 6.07 Å². The third-order valence-corrected chi connectivity index (χ3v) is 6.08. The summed E-state index contributed by atoms with van der Waals surface area (Å²) >= 11 is 0. The highest BCUT2D eigenvalue weighted by atomic mass is 19.4. The second-order valence-electron chi connectivity index (χ2n) is 9.07. The van der Waals surface area contributed by atoms with Crippen LogP contribution in [0.5, 0.6) is 0 Å². The number of hydrogen-bond donors (Lipinski definition) is 3. The Hall–Kier alpha value is -2.84. The molecular formula is C21H30F3N5O4. The number of carbonyl (C=O) groups excluding carboxylic acids is 4. The second-order valence-corrected chi connectivity index (χ2v) is 9.07. The number of hydrogen-bond acceptors (Lipinski definition) is 5. The van der Waals surface area contributed by atoms with Gasteiger partial charge in [-0.25, -0.2) is 0 Å². The molecule has 3 N–H and O–H groups in total. The van der Waals surface area contributed by atoms with E-state index < -0.39 is 53.9 Å². The monoisotopic (exact) mass is 473 g/mol. The molecule has 33 heavy (non-hydrogen) atoms. The standard InChI is InChI=1S/C21H30F3N5O4/c1-11(2)16(28-20(33)21(22,23)24)19(32)29-7-5-12(3)8-15(29)18(31)27-14(10-25)9-13-4-6-26-17(13)30/h11-16H,4-9H2,1-3H3,(H,26,30)(H,27,31)(H,28,33)/t12?,13-,14-,15?,16-/m0/s1. The summed E-state index contributed by atoms with van der Waals surface area (Å²) in [5.74, 6) is -4.79. The maximum absolute atomic E-state index is 13.1. The molecule has 0 aromatic heterocycles. The van der Waals surface area contributed by atoms with Crippen molar-refractivity contribution in [1.29, 1.82) is 5.26 Å². The van der Waals surface area contributed by atoms with E-state index in [1.54, 1.807) is 5.32 Å². The predicted octanol–water partition coefficient (Wildman–Crippen LogP) is 0.851. The van der Waals surface area contributed by atoms with Crippen molar-refractivity contribution in [2.45, 2.75) is 70.8 Å². The Morgan fingerprint density at radius 2 is 1.91 bits per heavy atom. The first-order chi connectivity index (χ1) is 15.3. The molecule has 0 saturated carbocycles. The van der Waals surface area contributed by atoms with Crippen LogP contribution in [0.3, 0.4) is 0 Å². The molecule has 0 aromatic rings. The maximum Gasteiger partial charge on any atom is 0.471 e. The van der Waals surface area contributed by atoms with E-state index in [0.29, 0.717) is 19.4 Å². The largest absolute Gasteiger partial charge is 0.471 e. The number of rotatable bonds is 7. The van der Waals surface area contributed by atoms with Crippen LogP contribution in [0, 0.1) is 29.1 Å². The minimum Gasteiger partial charge on any atom is -0.356 e. The van der Waals surface area contributed by atoms with E-state index in [0.717, 1.165) is 0 Å². The van der Waals surface area contributed by atoms with Gasteiger partial charge in [-0.3, -0.25) is 19.2 Å². The van der Waals surface area contributed by atoms with E-state index in [-0.39, 0.29) is 31.2 Å². The smallest absolute Gasteiger partial charge is 0.356 e. The number of amides is 4. The Labute approximate surface area is 190 Å². The number of nitrogens with one attached hydrogen (secondary N) is 3. The summed E-state index contributed by atoms with van der Waals surface area (Å²) in [5.41, 5.74) is 0. The number of alkyl halides is 3. The van der Waals surface area contributed by atoms with Crippen LogP contribution in [-0.4, -0.2) is 65.9 Å². The predicted molar refractivity (Wildman–Crippen MR) is 110 cm³/mol. The highest BCUT2D eigenvalue weighted by Gasteiger charge is 2.44. The highest BCUT2D eigenvalue weighted by Crippen LogP contribution is 2.26. The van der Waals surface area contributed by atoms with E-state index in [1.807, 2.05) is 13.0 Å². The summed E-state index contributed by atoms with van der Waals surface area (Å²) in [5, 5.41) is 16.4. The molecule has 0 spiro atoms. The minimum absolute atomic E-state index is 0.0632. The third kappa shape index (κ3) is 6.82.